The maximum atomic E-state index is 12.4. The monoisotopic (exact) mass is 254 g/mol. The first-order valence-corrected chi connectivity index (χ1v) is 7.15. The molecule has 0 aromatic rings. The molecule has 3 unspecified atom stereocenters. The summed E-state index contributed by atoms with van der Waals surface area (Å²) in [5.41, 5.74) is 5.67. The molecule has 3 nitrogen and oxygen atoms in total. The summed E-state index contributed by atoms with van der Waals surface area (Å²) in [7, 11) is 0. The second-order valence-corrected chi connectivity index (χ2v) is 5.77. The number of rotatable bonds is 3. The number of carbonyl (C=O) groups is 1. The summed E-state index contributed by atoms with van der Waals surface area (Å²) in [5.74, 6) is 0.664. The van der Waals surface area contributed by atoms with Crippen molar-refractivity contribution in [3.63, 3.8) is 0 Å². The molecule has 2 rings (SSSR count). The Hall–Kier alpha value is -0.640. The molecule has 0 radical (unpaired) electrons. The summed E-state index contributed by atoms with van der Waals surface area (Å²) in [6.45, 7) is 2.89. The summed E-state index contributed by atoms with van der Waals surface area (Å²) in [4.78, 5) is 14.9. The quantitative estimate of drug-likeness (QED) is 0.784. The Morgan fingerprint density at radius 3 is 2.76 bits per heavy atom. The topological polar surface area (TPSA) is 46.3 Å². The van der Waals surface area contributed by atoms with Crippen LogP contribution in [-0.4, -0.2) is 28.4 Å². The number of carbonyl (C=O) groups excluding carboxylic acids is 1. The van der Waals surface area contributed by atoms with Crippen molar-refractivity contribution in [1.29, 1.82) is 0 Å². The highest BCUT2D eigenvalue weighted by Crippen LogP contribution is 2.36. The summed E-state index contributed by atoms with van der Waals surface area (Å²) >= 11 is 5.00. The van der Waals surface area contributed by atoms with Crippen LogP contribution >= 0.6 is 12.2 Å². The van der Waals surface area contributed by atoms with Crippen molar-refractivity contribution in [2.24, 2.45) is 17.6 Å². The van der Waals surface area contributed by atoms with Crippen molar-refractivity contribution in [2.45, 2.75) is 51.5 Å². The van der Waals surface area contributed by atoms with E-state index >= 15 is 0 Å². The van der Waals surface area contributed by atoms with Crippen molar-refractivity contribution >= 4 is 23.1 Å². The summed E-state index contributed by atoms with van der Waals surface area (Å²) in [5, 5.41) is 0. The molecule has 0 spiro atoms. The lowest BCUT2D eigenvalue weighted by atomic mass is 9.85. The number of nitrogens with two attached hydrogens (primary N) is 1. The SMILES string of the molecule is CCC(C(=O)N1CCC2CCCCC21)C(N)=S. The second-order valence-electron chi connectivity index (χ2n) is 5.30. The molecule has 17 heavy (non-hydrogen) atoms. The normalized spacial score (nSPS) is 29.8. The van der Waals surface area contributed by atoms with Crippen molar-refractivity contribution in [3.8, 4) is 0 Å². The van der Waals surface area contributed by atoms with Crippen LogP contribution in [0.1, 0.15) is 45.4 Å². The van der Waals surface area contributed by atoms with Crippen LogP contribution in [0.25, 0.3) is 0 Å². The fourth-order valence-electron chi connectivity index (χ4n) is 3.38. The number of hydrogen-bond acceptors (Lipinski definition) is 2. The van der Waals surface area contributed by atoms with E-state index < -0.39 is 0 Å². The molecule has 0 aromatic heterocycles. The van der Waals surface area contributed by atoms with Crippen molar-refractivity contribution in [3.05, 3.63) is 0 Å². The Kier molecular flexibility index (Phi) is 4.02. The fraction of sp³-hybridized carbons (Fsp3) is 0.846. The van der Waals surface area contributed by atoms with Gasteiger partial charge in [-0.1, -0.05) is 32.0 Å². The molecular weight excluding hydrogens is 232 g/mol. The van der Waals surface area contributed by atoms with E-state index in [0.29, 0.717) is 11.0 Å². The summed E-state index contributed by atoms with van der Waals surface area (Å²) < 4.78 is 0. The minimum Gasteiger partial charge on any atom is -0.393 e. The van der Waals surface area contributed by atoms with Crippen LogP contribution in [0.3, 0.4) is 0 Å². The van der Waals surface area contributed by atoms with Crippen LogP contribution in [0.5, 0.6) is 0 Å². The van der Waals surface area contributed by atoms with E-state index in [0.717, 1.165) is 18.9 Å². The van der Waals surface area contributed by atoms with Gasteiger partial charge in [-0.05, 0) is 31.6 Å². The number of amides is 1. The molecule has 1 aliphatic carbocycles. The predicted molar refractivity (Wildman–Crippen MR) is 72.6 cm³/mol. The van der Waals surface area contributed by atoms with E-state index in [1.165, 1.54) is 32.1 Å². The van der Waals surface area contributed by atoms with E-state index in [-0.39, 0.29) is 11.8 Å². The predicted octanol–water partition coefficient (Wildman–Crippen LogP) is 2.09. The lowest BCUT2D eigenvalue weighted by Gasteiger charge is -2.33. The largest absolute Gasteiger partial charge is 0.393 e. The summed E-state index contributed by atoms with van der Waals surface area (Å²) in [6, 6.07) is 0.472. The van der Waals surface area contributed by atoms with Gasteiger partial charge in [-0.2, -0.15) is 0 Å². The molecule has 2 aliphatic rings. The molecule has 0 aromatic carbocycles. The van der Waals surface area contributed by atoms with Crippen LogP contribution < -0.4 is 5.73 Å². The van der Waals surface area contributed by atoms with Crippen LogP contribution in [0.4, 0.5) is 0 Å². The number of nitrogens with zero attached hydrogens (tertiary/aromatic N) is 1. The molecule has 4 heteroatoms. The number of thiocarbonyl (C=S) groups is 1. The number of likely N-dealkylation sites (tertiary alicyclic amines) is 1. The van der Waals surface area contributed by atoms with Gasteiger partial charge >= 0.3 is 0 Å². The van der Waals surface area contributed by atoms with Crippen molar-refractivity contribution in [1.82, 2.24) is 4.90 Å². The first-order chi connectivity index (χ1) is 8.15. The Balaban J connectivity index is 2.06. The van der Waals surface area contributed by atoms with Gasteiger partial charge in [0.15, 0.2) is 0 Å². The lowest BCUT2D eigenvalue weighted by Crippen LogP contribution is -2.45. The highest BCUT2D eigenvalue weighted by Gasteiger charge is 2.40. The first-order valence-electron chi connectivity index (χ1n) is 6.75. The van der Waals surface area contributed by atoms with Crippen LogP contribution in [-0.2, 0) is 4.79 Å². The second kappa shape index (κ2) is 5.34. The van der Waals surface area contributed by atoms with Gasteiger partial charge in [0, 0.05) is 12.6 Å². The smallest absolute Gasteiger partial charge is 0.232 e. The summed E-state index contributed by atoms with van der Waals surface area (Å²) in [6.07, 6.45) is 6.94. The average Bonchev–Trinajstić information content (AvgIpc) is 2.72. The zero-order valence-electron chi connectivity index (χ0n) is 10.5. The molecule has 1 saturated carbocycles. The van der Waals surface area contributed by atoms with Gasteiger partial charge in [-0.25, -0.2) is 0 Å². The maximum absolute atomic E-state index is 12.4. The standard InChI is InChI=1S/C13H22N2OS/c1-2-10(12(14)17)13(16)15-8-7-9-5-3-4-6-11(9)15/h9-11H,2-8H2,1H3,(H2,14,17). The highest BCUT2D eigenvalue weighted by atomic mass is 32.1. The molecule has 0 bridgehead atoms. The lowest BCUT2D eigenvalue weighted by molar-refractivity contribution is -0.135. The molecule has 2 fully saturated rings. The average molecular weight is 254 g/mol. The minimum absolute atomic E-state index is 0.175. The van der Waals surface area contributed by atoms with Crippen LogP contribution in [0.15, 0.2) is 0 Å². The first kappa shape index (κ1) is 12.8. The fourth-order valence-corrected chi connectivity index (χ4v) is 3.64. The molecule has 96 valence electrons. The Morgan fingerprint density at radius 1 is 1.41 bits per heavy atom. The molecule has 1 saturated heterocycles. The van der Waals surface area contributed by atoms with Gasteiger partial charge in [-0.15, -0.1) is 0 Å². The zero-order chi connectivity index (χ0) is 12.4. The molecule has 2 N–H and O–H groups in total. The third-order valence-electron chi connectivity index (χ3n) is 4.34. The van der Waals surface area contributed by atoms with Crippen molar-refractivity contribution in [2.75, 3.05) is 6.54 Å². The van der Waals surface area contributed by atoms with E-state index in [1.807, 2.05) is 6.92 Å². The van der Waals surface area contributed by atoms with Crippen LogP contribution in [0.2, 0.25) is 0 Å². The third-order valence-corrected chi connectivity index (χ3v) is 4.63. The van der Waals surface area contributed by atoms with Gasteiger partial charge in [0.1, 0.15) is 0 Å². The zero-order valence-corrected chi connectivity index (χ0v) is 11.3. The van der Waals surface area contributed by atoms with E-state index in [4.69, 9.17) is 18.0 Å². The Morgan fingerprint density at radius 2 is 2.12 bits per heavy atom. The third kappa shape index (κ3) is 2.46. The molecule has 1 aliphatic heterocycles. The minimum atomic E-state index is -0.245. The van der Waals surface area contributed by atoms with Gasteiger partial charge < -0.3 is 10.6 Å². The molecule has 3 atom stereocenters. The Labute approximate surface area is 109 Å². The van der Waals surface area contributed by atoms with Crippen LogP contribution in [0, 0.1) is 11.8 Å². The van der Waals surface area contributed by atoms with Gasteiger partial charge in [0.05, 0.1) is 10.9 Å². The molecular formula is C13H22N2OS. The van der Waals surface area contributed by atoms with Gasteiger partial charge in [0.25, 0.3) is 0 Å². The number of fused-ring (bicyclic) bond motifs is 1. The highest BCUT2D eigenvalue weighted by molar-refractivity contribution is 7.80. The van der Waals surface area contributed by atoms with Gasteiger partial charge in [0.2, 0.25) is 5.91 Å². The van der Waals surface area contributed by atoms with Crippen molar-refractivity contribution < 1.29 is 4.79 Å². The van der Waals surface area contributed by atoms with E-state index in [9.17, 15) is 4.79 Å². The Bertz CT molecular complexity index is 319. The molecule has 1 heterocycles. The molecule has 1 amide bonds. The maximum Gasteiger partial charge on any atom is 0.232 e. The van der Waals surface area contributed by atoms with E-state index in [1.54, 1.807) is 0 Å². The number of hydrogen-bond donors (Lipinski definition) is 1. The van der Waals surface area contributed by atoms with E-state index in [2.05, 4.69) is 4.90 Å². The van der Waals surface area contributed by atoms with Gasteiger partial charge in [-0.3, -0.25) is 4.79 Å².